The molecule has 0 saturated heterocycles. The zero-order valence-corrected chi connectivity index (χ0v) is 24.5. The van der Waals surface area contributed by atoms with Gasteiger partial charge in [0.2, 0.25) is 5.75 Å². The second-order valence-electron chi connectivity index (χ2n) is 11.0. The SMILES string of the molecule is CSc1cc(Nc2ncnc3c2OC(C)(C)C(=O)N3)ccc1NC(=O)Nc1cc(C(C)(C)C)nn1-c1ccccc1. The molecule has 0 unspecified atom stereocenters. The predicted molar refractivity (Wildman–Crippen MR) is 162 cm³/mol. The Labute approximate surface area is 242 Å². The van der Waals surface area contributed by atoms with E-state index in [4.69, 9.17) is 9.84 Å². The maximum absolute atomic E-state index is 13.2. The molecule has 1 aliphatic heterocycles. The van der Waals surface area contributed by atoms with Crippen molar-refractivity contribution in [2.75, 3.05) is 27.5 Å². The quantitative estimate of drug-likeness (QED) is 0.201. The molecule has 4 aromatic rings. The van der Waals surface area contributed by atoms with Crippen molar-refractivity contribution in [3.63, 3.8) is 0 Å². The van der Waals surface area contributed by atoms with Gasteiger partial charge in [-0.15, -0.1) is 11.8 Å². The molecule has 2 aromatic heterocycles. The van der Waals surface area contributed by atoms with Crippen LogP contribution in [0.4, 0.5) is 33.6 Å². The summed E-state index contributed by atoms with van der Waals surface area (Å²) in [6.45, 7) is 9.59. The molecule has 4 N–H and O–H groups in total. The Morgan fingerprint density at radius 2 is 1.80 bits per heavy atom. The Hall–Kier alpha value is -4.58. The minimum atomic E-state index is -1.07. The highest BCUT2D eigenvalue weighted by Crippen LogP contribution is 2.39. The zero-order valence-electron chi connectivity index (χ0n) is 23.7. The summed E-state index contributed by atoms with van der Waals surface area (Å²) >= 11 is 1.48. The lowest BCUT2D eigenvalue weighted by molar-refractivity contribution is -0.129. The molecule has 212 valence electrons. The maximum atomic E-state index is 13.2. The Kier molecular flexibility index (Phi) is 7.35. The number of carbonyl (C=O) groups is 2. The third-order valence-electron chi connectivity index (χ3n) is 6.37. The Morgan fingerprint density at radius 1 is 1.05 bits per heavy atom. The maximum Gasteiger partial charge on any atom is 0.324 e. The molecule has 12 heteroatoms. The van der Waals surface area contributed by atoms with E-state index in [0.717, 1.165) is 22.0 Å². The summed E-state index contributed by atoms with van der Waals surface area (Å²) in [6, 6.07) is 16.7. The van der Waals surface area contributed by atoms with Crippen LogP contribution in [0, 0.1) is 0 Å². The number of hydrogen-bond donors (Lipinski definition) is 4. The van der Waals surface area contributed by atoms with E-state index in [0.29, 0.717) is 28.9 Å². The van der Waals surface area contributed by atoms with Crippen LogP contribution >= 0.6 is 11.8 Å². The first-order valence-electron chi connectivity index (χ1n) is 13.0. The third-order valence-corrected chi connectivity index (χ3v) is 7.15. The smallest absolute Gasteiger partial charge is 0.324 e. The van der Waals surface area contributed by atoms with Crippen LogP contribution in [-0.2, 0) is 10.2 Å². The summed E-state index contributed by atoms with van der Waals surface area (Å²) in [6.07, 6.45) is 3.28. The van der Waals surface area contributed by atoms with Gasteiger partial charge in [-0.05, 0) is 50.4 Å². The van der Waals surface area contributed by atoms with Crippen molar-refractivity contribution in [1.29, 1.82) is 0 Å². The van der Waals surface area contributed by atoms with E-state index in [2.05, 4.69) is 52.0 Å². The molecule has 3 heterocycles. The van der Waals surface area contributed by atoms with Crippen molar-refractivity contribution >= 4 is 52.5 Å². The number of aromatic nitrogens is 4. The minimum Gasteiger partial charge on any atom is -0.470 e. The fourth-order valence-corrected chi connectivity index (χ4v) is 4.67. The van der Waals surface area contributed by atoms with Gasteiger partial charge < -0.3 is 20.7 Å². The molecular formula is C29H32N8O3S. The standard InChI is InChI=1S/C29H32N8O3S/c1-28(2,3)21-15-22(37(36-21)18-10-8-7-9-11-18)34-27(39)33-19-13-12-17(14-20(19)41-6)32-24-23-25(31-16-30-24)35-26(38)29(4,5)40-23/h7-16H,1-6H3,(H2,33,34,39)(H2,30,31,32,35,38). The van der Waals surface area contributed by atoms with E-state index in [1.165, 1.54) is 18.1 Å². The van der Waals surface area contributed by atoms with Crippen molar-refractivity contribution in [2.45, 2.75) is 50.5 Å². The lowest BCUT2D eigenvalue weighted by Gasteiger charge is -2.31. The van der Waals surface area contributed by atoms with Crippen LogP contribution in [0.25, 0.3) is 5.69 Å². The number of carbonyl (C=O) groups excluding carboxylic acids is 2. The van der Waals surface area contributed by atoms with Crippen LogP contribution < -0.4 is 26.0 Å². The summed E-state index contributed by atoms with van der Waals surface area (Å²) in [5.74, 6) is 1.35. The van der Waals surface area contributed by atoms with E-state index in [9.17, 15) is 9.59 Å². The van der Waals surface area contributed by atoms with E-state index in [1.54, 1.807) is 18.5 Å². The third kappa shape index (κ3) is 5.97. The zero-order chi connectivity index (χ0) is 29.4. The molecule has 0 saturated carbocycles. The Bertz CT molecular complexity index is 1610. The molecule has 41 heavy (non-hydrogen) atoms. The number of nitrogens with zero attached hydrogens (tertiary/aromatic N) is 4. The molecular weight excluding hydrogens is 540 g/mol. The lowest BCUT2D eigenvalue weighted by atomic mass is 9.92. The van der Waals surface area contributed by atoms with E-state index < -0.39 is 11.6 Å². The summed E-state index contributed by atoms with van der Waals surface area (Å²) < 4.78 is 7.64. The summed E-state index contributed by atoms with van der Waals surface area (Å²) in [5.41, 5.74) is 1.79. The van der Waals surface area contributed by atoms with Crippen LogP contribution in [-0.4, -0.2) is 43.5 Å². The fourth-order valence-electron chi connectivity index (χ4n) is 4.09. The van der Waals surface area contributed by atoms with Gasteiger partial charge in [-0.1, -0.05) is 39.0 Å². The number of amides is 3. The monoisotopic (exact) mass is 572 g/mol. The van der Waals surface area contributed by atoms with Crippen LogP contribution in [0.3, 0.4) is 0 Å². The van der Waals surface area contributed by atoms with Gasteiger partial charge in [-0.25, -0.2) is 19.4 Å². The first-order chi connectivity index (χ1) is 19.4. The van der Waals surface area contributed by atoms with Gasteiger partial charge >= 0.3 is 6.03 Å². The number of thioether (sulfide) groups is 1. The van der Waals surface area contributed by atoms with Gasteiger partial charge in [0.1, 0.15) is 12.1 Å². The van der Waals surface area contributed by atoms with Crippen molar-refractivity contribution in [3.8, 4) is 11.4 Å². The number of urea groups is 1. The van der Waals surface area contributed by atoms with Gasteiger partial charge in [-0.2, -0.15) is 5.10 Å². The fraction of sp³-hybridized carbons (Fsp3) is 0.276. The average Bonchev–Trinajstić information content (AvgIpc) is 3.35. The van der Waals surface area contributed by atoms with E-state index >= 15 is 0 Å². The number of para-hydroxylation sites is 1. The van der Waals surface area contributed by atoms with Crippen molar-refractivity contribution in [1.82, 2.24) is 19.7 Å². The number of nitrogens with one attached hydrogen (secondary N) is 4. The topological polar surface area (TPSA) is 135 Å². The summed E-state index contributed by atoms with van der Waals surface area (Å²) in [5, 5.41) is 16.7. The van der Waals surface area contributed by atoms with Gasteiger partial charge in [0.05, 0.1) is 17.1 Å². The lowest BCUT2D eigenvalue weighted by Crippen LogP contribution is -2.46. The average molecular weight is 573 g/mol. The Morgan fingerprint density at radius 3 is 2.51 bits per heavy atom. The largest absolute Gasteiger partial charge is 0.470 e. The summed E-state index contributed by atoms with van der Waals surface area (Å²) in [7, 11) is 0. The van der Waals surface area contributed by atoms with Crippen LogP contribution in [0.5, 0.6) is 5.75 Å². The molecule has 0 bridgehead atoms. The first-order valence-corrected chi connectivity index (χ1v) is 14.2. The predicted octanol–water partition coefficient (Wildman–Crippen LogP) is 6.18. The van der Waals surface area contributed by atoms with Gasteiger partial charge in [0, 0.05) is 22.1 Å². The van der Waals surface area contributed by atoms with Crippen LogP contribution in [0.15, 0.2) is 65.8 Å². The number of rotatable bonds is 6. The highest BCUT2D eigenvalue weighted by molar-refractivity contribution is 7.98. The number of fused-ring (bicyclic) bond motifs is 1. The van der Waals surface area contributed by atoms with Gasteiger partial charge in [0.25, 0.3) is 5.91 Å². The Balaban J connectivity index is 1.35. The number of anilines is 5. The molecule has 5 rings (SSSR count). The number of ether oxygens (including phenoxy) is 1. The molecule has 0 spiro atoms. The van der Waals surface area contributed by atoms with Crippen molar-refractivity contribution < 1.29 is 14.3 Å². The molecule has 3 amide bonds. The van der Waals surface area contributed by atoms with Gasteiger partial charge in [0.15, 0.2) is 17.2 Å². The first kappa shape index (κ1) is 28.0. The molecule has 2 aromatic carbocycles. The summed E-state index contributed by atoms with van der Waals surface area (Å²) in [4.78, 5) is 34.7. The number of hydrogen-bond acceptors (Lipinski definition) is 8. The minimum absolute atomic E-state index is 0.197. The van der Waals surface area contributed by atoms with E-state index in [1.807, 2.05) is 60.9 Å². The highest BCUT2D eigenvalue weighted by atomic mass is 32.2. The molecule has 0 radical (unpaired) electrons. The van der Waals surface area contributed by atoms with Crippen LogP contribution in [0.2, 0.25) is 0 Å². The molecule has 0 aliphatic carbocycles. The van der Waals surface area contributed by atoms with Crippen LogP contribution in [0.1, 0.15) is 40.3 Å². The second kappa shape index (κ2) is 10.8. The molecule has 1 aliphatic rings. The molecule has 11 nitrogen and oxygen atoms in total. The normalized spacial score (nSPS) is 14.0. The molecule has 0 atom stereocenters. The second-order valence-corrected chi connectivity index (χ2v) is 11.8. The van der Waals surface area contributed by atoms with Crippen molar-refractivity contribution in [3.05, 3.63) is 66.6 Å². The molecule has 0 fully saturated rings. The van der Waals surface area contributed by atoms with E-state index in [-0.39, 0.29) is 11.3 Å². The van der Waals surface area contributed by atoms with Gasteiger partial charge in [-0.3, -0.25) is 10.1 Å². The number of benzene rings is 2. The highest BCUT2D eigenvalue weighted by Gasteiger charge is 2.37. The van der Waals surface area contributed by atoms with Crippen molar-refractivity contribution in [2.24, 2.45) is 0 Å².